The molecule has 1 heterocycles. The van der Waals surface area contributed by atoms with Crippen molar-refractivity contribution in [3.8, 4) is 0 Å². The van der Waals surface area contributed by atoms with Crippen molar-refractivity contribution < 1.29 is 9.13 Å². The van der Waals surface area contributed by atoms with Gasteiger partial charge in [0.15, 0.2) is 0 Å². The van der Waals surface area contributed by atoms with Gasteiger partial charge in [0.25, 0.3) is 0 Å². The van der Waals surface area contributed by atoms with Gasteiger partial charge in [-0.1, -0.05) is 17.7 Å². The third kappa shape index (κ3) is 1.37. The Labute approximate surface area is 68.7 Å². The van der Waals surface area contributed by atoms with Gasteiger partial charge in [-0.05, 0) is 17.7 Å². The van der Waals surface area contributed by atoms with Crippen molar-refractivity contribution in [2.24, 2.45) is 0 Å². The number of benzene rings is 1. The minimum absolute atomic E-state index is 0.0989. The summed E-state index contributed by atoms with van der Waals surface area (Å²) in [4.78, 5) is 0. The van der Waals surface area contributed by atoms with Crippen LogP contribution in [0.15, 0.2) is 18.2 Å². The molecule has 1 aliphatic heterocycles. The third-order valence-corrected chi connectivity index (χ3v) is 1.96. The summed E-state index contributed by atoms with van der Waals surface area (Å²) in [5, 5.41) is 0.161. The van der Waals surface area contributed by atoms with Crippen molar-refractivity contribution in [2.75, 3.05) is 6.61 Å². The van der Waals surface area contributed by atoms with Gasteiger partial charge in [0.2, 0.25) is 0 Å². The molecule has 0 amide bonds. The molecular weight excluding hydrogens is 167 g/mol. The second-order valence-corrected chi connectivity index (χ2v) is 2.90. The van der Waals surface area contributed by atoms with Crippen LogP contribution in [0.25, 0.3) is 0 Å². The third-order valence-electron chi connectivity index (χ3n) is 1.65. The van der Waals surface area contributed by atoms with E-state index in [1.165, 1.54) is 6.07 Å². The highest BCUT2D eigenvalue weighted by molar-refractivity contribution is 6.30. The Kier molecular flexibility index (Phi) is 1.59. The molecule has 2 rings (SSSR count). The van der Waals surface area contributed by atoms with E-state index in [0.29, 0.717) is 6.61 Å². The second kappa shape index (κ2) is 2.47. The largest absolute Gasteiger partial charge is 0.368 e. The van der Waals surface area contributed by atoms with E-state index in [9.17, 15) is 4.39 Å². The summed E-state index contributed by atoms with van der Waals surface area (Å²) in [5.41, 5.74) is 0.868. The van der Waals surface area contributed by atoms with Crippen LogP contribution in [0.1, 0.15) is 11.7 Å². The quantitative estimate of drug-likeness (QED) is 0.593. The molecule has 0 aliphatic carbocycles. The molecule has 0 spiro atoms. The summed E-state index contributed by atoms with van der Waals surface area (Å²) >= 11 is 5.49. The van der Waals surface area contributed by atoms with Gasteiger partial charge in [0.1, 0.15) is 11.9 Å². The lowest BCUT2D eigenvalue weighted by Gasteiger charge is -1.96. The van der Waals surface area contributed by atoms with Gasteiger partial charge >= 0.3 is 0 Å². The van der Waals surface area contributed by atoms with Crippen molar-refractivity contribution in [3.63, 3.8) is 0 Å². The molecule has 1 aliphatic rings. The molecule has 1 aromatic carbocycles. The molecule has 11 heavy (non-hydrogen) atoms. The molecule has 58 valence electrons. The molecule has 1 nitrogen and oxygen atoms in total. The van der Waals surface area contributed by atoms with E-state index >= 15 is 0 Å². The average Bonchev–Trinajstić information content (AvgIpc) is 2.77. The van der Waals surface area contributed by atoms with Gasteiger partial charge in [0.05, 0.1) is 11.6 Å². The summed E-state index contributed by atoms with van der Waals surface area (Å²) in [5.74, 6) is -0.375. The summed E-state index contributed by atoms with van der Waals surface area (Å²) in [6.07, 6.45) is 0.0989. The first-order valence-electron chi connectivity index (χ1n) is 3.34. The van der Waals surface area contributed by atoms with E-state index in [1.807, 2.05) is 0 Å². The fraction of sp³-hybridized carbons (Fsp3) is 0.250. The maximum Gasteiger partial charge on any atom is 0.142 e. The van der Waals surface area contributed by atoms with Crippen molar-refractivity contribution in [3.05, 3.63) is 34.6 Å². The molecule has 0 saturated carbocycles. The maximum absolute atomic E-state index is 12.8. The first-order chi connectivity index (χ1) is 5.27. The highest BCUT2D eigenvalue weighted by Gasteiger charge is 2.25. The molecule has 0 N–H and O–H groups in total. The topological polar surface area (TPSA) is 12.5 Å². The summed E-state index contributed by atoms with van der Waals surface area (Å²) in [7, 11) is 0. The zero-order valence-electron chi connectivity index (χ0n) is 5.68. The van der Waals surface area contributed by atoms with E-state index in [-0.39, 0.29) is 16.9 Å². The van der Waals surface area contributed by atoms with E-state index in [0.717, 1.165) is 5.56 Å². The molecule has 1 aromatic rings. The summed E-state index contributed by atoms with van der Waals surface area (Å²) in [6.45, 7) is 0.696. The van der Waals surface area contributed by atoms with Crippen molar-refractivity contribution in [2.45, 2.75) is 6.10 Å². The van der Waals surface area contributed by atoms with Crippen LogP contribution in [-0.2, 0) is 4.74 Å². The lowest BCUT2D eigenvalue weighted by molar-refractivity contribution is 0.415. The molecule has 3 heteroatoms. The van der Waals surface area contributed by atoms with Crippen LogP contribution < -0.4 is 0 Å². The predicted molar refractivity (Wildman–Crippen MR) is 40.1 cm³/mol. The van der Waals surface area contributed by atoms with Crippen LogP contribution in [0.3, 0.4) is 0 Å². The normalized spacial score (nSPS) is 21.8. The summed E-state index contributed by atoms with van der Waals surface area (Å²) < 4.78 is 17.8. The molecule has 1 fully saturated rings. The number of hydrogen-bond donors (Lipinski definition) is 0. The highest BCUT2D eigenvalue weighted by atomic mass is 35.5. The zero-order chi connectivity index (χ0) is 7.84. The van der Waals surface area contributed by atoms with E-state index in [2.05, 4.69) is 0 Å². The fourth-order valence-electron chi connectivity index (χ4n) is 0.953. The number of rotatable bonds is 1. The first kappa shape index (κ1) is 7.07. The Morgan fingerprint density at radius 3 is 2.82 bits per heavy atom. The fourth-order valence-corrected chi connectivity index (χ4v) is 1.07. The monoisotopic (exact) mass is 172 g/mol. The lowest BCUT2D eigenvalue weighted by atomic mass is 10.2. The van der Waals surface area contributed by atoms with Crippen molar-refractivity contribution >= 4 is 11.6 Å². The number of epoxide rings is 1. The molecule has 1 atom stereocenters. The molecular formula is C8H6ClFO. The molecule has 1 unspecified atom stereocenters. The van der Waals surface area contributed by atoms with Gasteiger partial charge in [-0.15, -0.1) is 0 Å². The maximum atomic E-state index is 12.8. The van der Waals surface area contributed by atoms with E-state index < -0.39 is 0 Å². The van der Waals surface area contributed by atoms with Crippen LogP contribution in [0.5, 0.6) is 0 Å². The minimum Gasteiger partial charge on any atom is -0.368 e. The van der Waals surface area contributed by atoms with Gasteiger partial charge in [-0.25, -0.2) is 4.39 Å². The molecule has 0 radical (unpaired) electrons. The van der Waals surface area contributed by atoms with Crippen LogP contribution >= 0.6 is 11.6 Å². The summed E-state index contributed by atoms with van der Waals surface area (Å²) in [6, 6.07) is 4.75. The number of ether oxygens (including phenoxy) is 1. The van der Waals surface area contributed by atoms with Gasteiger partial charge in [-0.3, -0.25) is 0 Å². The molecule has 1 saturated heterocycles. The Hall–Kier alpha value is -0.600. The van der Waals surface area contributed by atoms with E-state index in [1.54, 1.807) is 12.1 Å². The number of halogens is 2. The van der Waals surface area contributed by atoms with Crippen LogP contribution in [-0.4, -0.2) is 6.61 Å². The highest BCUT2D eigenvalue weighted by Crippen LogP contribution is 2.31. The Morgan fingerprint density at radius 2 is 2.27 bits per heavy atom. The van der Waals surface area contributed by atoms with Crippen molar-refractivity contribution in [1.29, 1.82) is 0 Å². The standard InChI is InChI=1S/C8H6ClFO/c9-6-2-1-5(3-7(6)10)8-4-11-8/h1-3,8H,4H2. The minimum atomic E-state index is -0.375. The zero-order valence-corrected chi connectivity index (χ0v) is 6.44. The lowest BCUT2D eigenvalue weighted by Crippen LogP contribution is -1.83. The Balaban J connectivity index is 2.36. The van der Waals surface area contributed by atoms with Gasteiger partial charge < -0.3 is 4.74 Å². The Bertz CT molecular complexity index is 283. The SMILES string of the molecule is Fc1cc(C2CO2)ccc1Cl. The smallest absolute Gasteiger partial charge is 0.142 e. The molecule has 0 bridgehead atoms. The predicted octanol–water partition coefficient (Wildman–Crippen LogP) is 2.55. The number of hydrogen-bond acceptors (Lipinski definition) is 1. The Morgan fingerprint density at radius 1 is 1.55 bits per heavy atom. The van der Waals surface area contributed by atoms with Crippen LogP contribution in [0, 0.1) is 5.82 Å². The van der Waals surface area contributed by atoms with Gasteiger partial charge in [-0.2, -0.15) is 0 Å². The van der Waals surface area contributed by atoms with Crippen LogP contribution in [0.4, 0.5) is 4.39 Å². The van der Waals surface area contributed by atoms with Crippen LogP contribution in [0.2, 0.25) is 5.02 Å². The van der Waals surface area contributed by atoms with E-state index in [4.69, 9.17) is 16.3 Å². The van der Waals surface area contributed by atoms with Gasteiger partial charge in [0, 0.05) is 0 Å². The second-order valence-electron chi connectivity index (χ2n) is 2.50. The average molecular weight is 173 g/mol. The first-order valence-corrected chi connectivity index (χ1v) is 3.72. The van der Waals surface area contributed by atoms with Crippen molar-refractivity contribution in [1.82, 2.24) is 0 Å². The molecule has 0 aromatic heterocycles.